The van der Waals surface area contributed by atoms with Gasteiger partial charge in [-0.2, -0.15) is 9.49 Å². The van der Waals surface area contributed by atoms with E-state index in [-0.39, 0.29) is 5.92 Å². The van der Waals surface area contributed by atoms with Crippen LogP contribution in [-0.4, -0.2) is 26.3 Å². The number of H-pyrrole nitrogens is 1. The van der Waals surface area contributed by atoms with E-state index in [1.165, 1.54) is 18.2 Å². The molecule has 0 spiro atoms. The Hall–Kier alpha value is -3.84. The van der Waals surface area contributed by atoms with Gasteiger partial charge < -0.3 is 5.11 Å². The highest BCUT2D eigenvalue weighted by Gasteiger charge is 2.29. The summed E-state index contributed by atoms with van der Waals surface area (Å²) in [7, 11) is 0. The van der Waals surface area contributed by atoms with Gasteiger partial charge in [-0.25, -0.2) is 9.18 Å². The molecule has 0 radical (unpaired) electrons. The Morgan fingerprint density at radius 1 is 1.09 bits per heavy atom. The Morgan fingerprint density at radius 3 is 2.54 bits per heavy atom. The highest BCUT2D eigenvalue weighted by atomic mass is 35.5. The summed E-state index contributed by atoms with van der Waals surface area (Å²) in [6.07, 6.45) is 7.04. The molecule has 176 valence electrons. The first kappa shape index (κ1) is 22.9. The summed E-state index contributed by atoms with van der Waals surface area (Å²) in [5.74, 6) is -1.83. The van der Waals surface area contributed by atoms with Gasteiger partial charge in [-0.3, -0.25) is 10.1 Å². The molecule has 2 aromatic heterocycles. The van der Waals surface area contributed by atoms with Crippen LogP contribution in [0.15, 0.2) is 60.8 Å². The van der Waals surface area contributed by atoms with Crippen molar-refractivity contribution >= 4 is 45.7 Å². The van der Waals surface area contributed by atoms with Crippen LogP contribution in [0.4, 0.5) is 8.78 Å². The second-order valence-electron chi connectivity index (χ2n) is 8.45. The fourth-order valence-corrected chi connectivity index (χ4v) is 4.65. The molecule has 1 aliphatic rings. The van der Waals surface area contributed by atoms with E-state index in [2.05, 4.69) is 15.2 Å². The minimum Gasteiger partial charge on any atom is -0.478 e. The van der Waals surface area contributed by atoms with Crippen LogP contribution in [0.1, 0.15) is 41.6 Å². The van der Waals surface area contributed by atoms with Crippen molar-refractivity contribution < 1.29 is 18.7 Å². The number of carbonyl (C=O) groups is 1. The Kier molecular flexibility index (Phi) is 6.17. The standard InChI is InChI=1S/C27H20ClF2N3O2/c28-22-13-18(29)6-9-20(22)26(15-2-1-3-15)25(16-5-10-23-21(12-16)27(30)33-32-23)17-4-7-19(31-14-17)8-11-24(34)35/h4-15H,1-3H2,(H,32,33)(H,34,35)/b11-8+,26-25-. The second-order valence-corrected chi connectivity index (χ2v) is 8.86. The number of nitrogens with one attached hydrogen (secondary N) is 1. The number of halogens is 3. The van der Waals surface area contributed by atoms with Gasteiger partial charge in [-0.15, -0.1) is 0 Å². The molecule has 2 aromatic carbocycles. The van der Waals surface area contributed by atoms with Crippen molar-refractivity contribution in [3.63, 3.8) is 0 Å². The molecule has 1 saturated carbocycles. The molecule has 4 aromatic rings. The molecule has 5 rings (SSSR count). The Morgan fingerprint density at radius 2 is 1.89 bits per heavy atom. The van der Waals surface area contributed by atoms with Crippen LogP contribution in [0.3, 0.4) is 0 Å². The van der Waals surface area contributed by atoms with Gasteiger partial charge in [0, 0.05) is 17.8 Å². The quantitative estimate of drug-likeness (QED) is 0.231. The van der Waals surface area contributed by atoms with Crippen molar-refractivity contribution in [2.45, 2.75) is 19.3 Å². The lowest BCUT2D eigenvalue weighted by molar-refractivity contribution is -0.131. The van der Waals surface area contributed by atoms with Crippen LogP contribution in [0.2, 0.25) is 5.02 Å². The normalized spacial score (nSPS) is 14.8. The number of nitrogens with zero attached hydrogens (tertiary/aromatic N) is 2. The van der Waals surface area contributed by atoms with Gasteiger partial charge >= 0.3 is 5.97 Å². The molecule has 2 N–H and O–H groups in total. The van der Waals surface area contributed by atoms with Crippen LogP contribution in [0.5, 0.6) is 0 Å². The molecular formula is C27H20ClF2N3O2. The zero-order chi connectivity index (χ0) is 24.5. The van der Waals surface area contributed by atoms with Gasteiger partial charge in [0.1, 0.15) is 5.82 Å². The number of aromatic nitrogens is 3. The van der Waals surface area contributed by atoms with Gasteiger partial charge in [0.2, 0.25) is 5.95 Å². The predicted molar refractivity (Wildman–Crippen MR) is 132 cm³/mol. The number of aliphatic carboxylic acids is 1. The van der Waals surface area contributed by atoms with Crippen LogP contribution < -0.4 is 0 Å². The van der Waals surface area contributed by atoms with E-state index in [9.17, 15) is 13.6 Å². The highest BCUT2D eigenvalue weighted by molar-refractivity contribution is 6.32. The summed E-state index contributed by atoms with van der Waals surface area (Å²) in [6.45, 7) is 0. The van der Waals surface area contributed by atoms with E-state index in [0.29, 0.717) is 21.6 Å². The fraction of sp³-hybridized carbons (Fsp3) is 0.148. The van der Waals surface area contributed by atoms with Gasteiger partial charge in [-0.1, -0.05) is 36.2 Å². The Bertz CT molecular complexity index is 1490. The first-order chi connectivity index (χ1) is 16.9. The lowest BCUT2D eigenvalue weighted by atomic mass is 9.73. The summed E-state index contributed by atoms with van der Waals surface area (Å²) < 4.78 is 28.3. The summed E-state index contributed by atoms with van der Waals surface area (Å²) >= 11 is 6.54. The maximum Gasteiger partial charge on any atom is 0.328 e. The molecule has 1 fully saturated rings. The monoisotopic (exact) mass is 491 g/mol. The maximum absolute atomic E-state index is 14.4. The van der Waals surface area contributed by atoms with Gasteiger partial charge in [0.25, 0.3) is 0 Å². The summed E-state index contributed by atoms with van der Waals surface area (Å²) in [6, 6.07) is 13.3. The number of aromatic amines is 1. The van der Waals surface area contributed by atoms with Crippen LogP contribution in [-0.2, 0) is 4.79 Å². The van der Waals surface area contributed by atoms with Gasteiger partial charge in [0.05, 0.1) is 21.6 Å². The van der Waals surface area contributed by atoms with E-state index in [0.717, 1.165) is 53.2 Å². The predicted octanol–water partition coefficient (Wildman–Crippen LogP) is 6.75. The van der Waals surface area contributed by atoms with Crippen molar-refractivity contribution in [3.05, 3.63) is 100.0 Å². The molecule has 0 saturated heterocycles. The lowest BCUT2D eigenvalue weighted by Gasteiger charge is -2.32. The van der Waals surface area contributed by atoms with E-state index in [1.807, 2.05) is 12.1 Å². The van der Waals surface area contributed by atoms with Crippen LogP contribution >= 0.6 is 11.6 Å². The zero-order valence-corrected chi connectivity index (χ0v) is 19.2. The second kappa shape index (κ2) is 9.43. The van der Waals surface area contributed by atoms with E-state index in [4.69, 9.17) is 16.7 Å². The molecule has 35 heavy (non-hydrogen) atoms. The number of pyridine rings is 1. The number of hydrogen-bond acceptors (Lipinski definition) is 3. The lowest BCUT2D eigenvalue weighted by Crippen LogP contribution is -2.15. The van der Waals surface area contributed by atoms with Crippen LogP contribution in [0, 0.1) is 17.7 Å². The minimum atomic E-state index is -1.06. The number of fused-ring (bicyclic) bond motifs is 1. The first-order valence-corrected chi connectivity index (χ1v) is 11.5. The average Bonchev–Trinajstić information content (AvgIpc) is 3.17. The van der Waals surface area contributed by atoms with Crippen molar-refractivity contribution in [1.82, 2.24) is 15.2 Å². The molecular weight excluding hydrogens is 472 g/mol. The fourth-order valence-electron chi connectivity index (χ4n) is 4.38. The number of carboxylic acid groups (broad SMARTS) is 1. The SMILES string of the molecule is O=C(O)/C=C/c1ccc(/C(=C(\c2ccc(F)cc2Cl)C2CCC2)c2ccc3n[nH]c(F)c3c2)cn1. The molecule has 0 atom stereocenters. The maximum atomic E-state index is 14.4. The Balaban J connectivity index is 1.76. The van der Waals surface area contributed by atoms with Crippen molar-refractivity contribution in [2.24, 2.45) is 5.92 Å². The van der Waals surface area contributed by atoms with E-state index < -0.39 is 17.7 Å². The number of rotatable bonds is 6. The largest absolute Gasteiger partial charge is 0.478 e. The molecule has 0 bridgehead atoms. The van der Waals surface area contributed by atoms with Crippen LogP contribution in [0.25, 0.3) is 28.1 Å². The number of carboxylic acids is 1. The molecule has 0 unspecified atom stereocenters. The molecule has 0 aliphatic heterocycles. The molecule has 2 heterocycles. The molecule has 0 amide bonds. The van der Waals surface area contributed by atoms with Gasteiger partial charge in [-0.05, 0) is 77.4 Å². The molecule has 1 aliphatic carbocycles. The third-order valence-electron chi connectivity index (χ3n) is 6.27. The third-order valence-corrected chi connectivity index (χ3v) is 6.58. The highest BCUT2D eigenvalue weighted by Crippen LogP contribution is 2.47. The third kappa shape index (κ3) is 4.59. The smallest absolute Gasteiger partial charge is 0.328 e. The number of allylic oxidation sites excluding steroid dienone is 1. The van der Waals surface area contributed by atoms with E-state index >= 15 is 0 Å². The molecule has 5 nitrogen and oxygen atoms in total. The minimum absolute atomic E-state index is 0.185. The summed E-state index contributed by atoms with van der Waals surface area (Å²) in [5.41, 5.74) is 4.96. The van der Waals surface area contributed by atoms with Crippen molar-refractivity contribution in [1.29, 1.82) is 0 Å². The molecule has 8 heteroatoms. The Labute approximate surface area is 204 Å². The zero-order valence-electron chi connectivity index (χ0n) is 18.4. The summed E-state index contributed by atoms with van der Waals surface area (Å²) in [4.78, 5) is 15.3. The topological polar surface area (TPSA) is 78.9 Å². The van der Waals surface area contributed by atoms with Gasteiger partial charge in [0.15, 0.2) is 0 Å². The first-order valence-electron chi connectivity index (χ1n) is 11.1. The summed E-state index contributed by atoms with van der Waals surface area (Å²) in [5, 5.41) is 15.9. The number of benzene rings is 2. The van der Waals surface area contributed by atoms with E-state index in [1.54, 1.807) is 30.5 Å². The average molecular weight is 492 g/mol. The van der Waals surface area contributed by atoms with Crippen molar-refractivity contribution in [2.75, 3.05) is 0 Å². The van der Waals surface area contributed by atoms with Crippen molar-refractivity contribution in [3.8, 4) is 0 Å². The number of hydrogen-bond donors (Lipinski definition) is 2.